The number of urea groups is 1. The Hall–Kier alpha value is -3.43. The van der Waals surface area contributed by atoms with Crippen molar-refractivity contribution >= 4 is 23.5 Å². The summed E-state index contributed by atoms with van der Waals surface area (Å²) in [5.41, 5.74) is 8.13. The number of hydrazine groups is 1. The highest BCUT2D eigenvalue weighted by Crippen LogP contribution is 2.37. The Labute approximate surface area is 136 Å². The van der Waals surface area contributed by atoms with Gasteiger partial charge >= 0.3 is 12.0 Å². The van der Waals surface area contributed by atoms with E-state index < -0.39 is 22.8 Å². The molecule has 0 fully saturated rings. The van der Waals surface area contributed by atoms with Crippen molar-refractivity contribution in [1.82, 2.24) is 10.4 Å². The molecule has 24 heavy (non-hydrogen) atoms. The first kappa shape index (κ1) is 16.9. The van der Waals surface area contributed by atoms with Gasteiger partial charge in [-0.25, -0.2) is 20.0 Å². The fourth-order valence-corrected chi connectivity index (χ4v) is 2.52. The van der Waals surface area contributed by atoms with Crippen molar-refractivity contribution in [3.63, 3.8) is 0 Å². The highest BCUT2D eigenvalue weighted by molar-refractivity contribution is 6.06. The monoisotopic (exact) mass is 333 g/mol. The predicted molar refractivity (Wildman–Crippen MR) is 82.8 cm³/mol. The summed E-state index contributed by atoms with van der Waals surface area (Å²) in [6, 6.07) is 4.55. The van der Waals surface area contributed by atoms with Crippen LogP contribution in [0.25, 0.3) is 0 Å². The molecule has 1 unspecified atom stereocenters. The Morgan fingerprint density at radius 1 is 1.38 bits per heavy atom. The quantitative estimate of drug-likeness (QED) is 0.424. The predicted octanol–water partition coefficient (Wildman–Crippen LogP) is 1.00. The summed E-state index contributed by atoms with van der Waals surface area (Å²) in [7, 11) is 1.20. The third kappa shape index (κ3) is 2.89. The van der Waals surface area contributed by atoms with Crippen LogP contribution in [0, 0.1) is 15.5 Å². The molecule has 0 saturated carbocycles. The molecule has 0 bridgehead atoms. The van der Waals surface area contributed by atoms with Gasteiger partial charge in [-0.05, 0) is 12.5 Å². The zero-order chi connectivity index (χ0) is 18.0. The number of methoxy groups -OCH3 is 1. The number of benzene rings is 1. The average Bonchev–Trinajstić information content (AvgIpc) is 2.78. The molecular formula is C14H15N5O5. The van der Waals surface area contributed by atoms with Crippen LogP contribution in [0.4, 0.5) is 10.5 Å². The minimum atomic E-state index is -0.896. The number of hydrogen-bond acceptors (Lipinski definition) is 6. The Morgan fingerprint density at radius 3 is 2.42 bits per heavy atom. The maximum atomic E-state index is 12.1. The molecule has 0 spiro atoms. The Bertz CT molecular complexity index is 755. The van der Waals surface area contributed by atoms with E-state index in [4.69, 9.17) is 15.9 Å². The zero-order valence-electron chi connectivity index (χ0n) is 12.9. The molecule has 4 N–H and O–H groups in total. The van der Waals surface area contributed by atoms with Crippen LogP contribution in [0.3, 0.4) is 0 Å². The van der Waals surface area contributed by atoms with Crippen molar-refractivity contribution in [3.8, 4) is 0 Å². The fourth-order valence-electron chi connectivity index (χ4n) is 2.52. The summed E-state index contributed by atoms with van der Waals surface area (Å²) in [5, 5.41) is 20.1. The fraction of sp³-hybridized carbons (Fsp3) is 0.214. The van der Waals surface area contributed by atoms with Gasteiger partial charge in [-0.2, -0.15) is 0 Å². The number of carbonyl (C=O) groups is 2. The van der Waals surface area contributed by atoms with Crippen molar-refractivity contribution in [1.29, 1.82) is 5.41 Å². The summed E-state index contributed by atoms with van der Waals surface area (Å²) in [6.07, 6.45) is 0. The number of nitrogens with two attached hydrogens (primary N) is 1. The van der Waals surface area contributed by atoms with Gasteiger partial charge in [-0.15, -0.1) is 0 Å². The molecule has 1 aromatic rings. The second-order valence-electron chi connectivity index (χ2n) is 4.97. The molecule has 0 radical (unpaired) electrons. The van der Waals surface area contributed by atoms with E-state index in [9.17, 15) is 19.7 Å². The minimum Gasteiger partial charge on any atom is -0.466 e. The Balaban J connectivity index is 2.49. The van der Waals surface area contributed by atoms with Crippen molar-refractivity contribution in [2.24, 2.45) is 5.73 Å². The maximum Gasteiger partial charge on any atom is 0.336 e. The van der Waals surface area contributed by atoms with Crippen molar-refractivity contribution in [2.45, 2.75) is 12.8 Å². The zero-order valence-corrected chi connectivity index (χ0v) is 12.9. The largest absolute Gasteiger partial charge is 0.466 e. The standard InChI is InChI=1S/C14H15N5O5/c1-7-10(13(20)24-2)11(12(15)18(7)17-14(16)21)8-3-5-9(6-4-8)19(22)23/h3-6,11,15H,1-2H3,(H3,16,17,21). The summed E-state index contributed by atoms with van der Waals surface area (Å²) in [6.45, 7) is 1.53. The van der Waals surface area contributed by atoms with Gasteiger partial charge in [0.1, 0.15) is 5.84 Å². The van der Waals surface area contributed by atoms with E-state index in [1.54, 1.807) is 0 Å². The topological polar surface area (TPSA) is 152 Å². The highest BCUT2D eigenvalue weighted by atomic mass is 16.6. The maximum absolute atomic E-state index is 12.1. The van der Waals surface area contributed by atoms with E-state index in [0.717, 1.165) is 5.01 Å². The van der Waals surface area contributed by atoms with Crippen LogP contribution in [0.5, 0.6) is 0 Å². The molecule has 0 saturated heterocycles. The SMILES string of the molecule is COC(=O)C1=C(C)N(NC(N)=O)C(=N)C1c1ccc([N+](=O)[O-])cc1. The lowest BCUT2D eigenvalue weighted by Gasteiger charge is -2.21. The van der Waals surface area contributed by atoms with Gasteiger partial charge in [0.2, 0.25) is 0 Å². The van der Waals surface area contributed by atoms with Gasteiger partial charge in [0, 0.05) is 12.1 Å². The van der Waals surface area contributed by atoms with Gasteiger partial charge in [0.25, 0.3) is 5.69 Å². The Kier molecular flexibility index (Phi) is 4.49. The van der Waals surface area contributed by atoms with Gasteiger partial charge in [0.15, 0.2) is 0 Å². The number of rotatable bonds is 4. The smallest absolute Gasteiger partial charge is 0.336 e. The molecule has 1 aliphatic rings. The molecule has 1 aliphatic heterocycles. The van der Waals surface area contributed by atoms with Crippen LogP contribution in [0.2, 0.25) is 0 Å². The molecule has 1 aromatic carbocycles. The van der Waals surface area contributed by atoms with Gasteiger partial charge in [-0.1, -0.05) is 12.1 Å². The minimum absolute atomic E-state index is 0.115. The van der Waals surface area contributed by atoms with Crippen LogP contribution in [-0.4, -0.2) is 34.9 Å². The molecule has 10 nitrogen and oxygen atoms in total. The number of amidine groups is 1. The van der Waals surface area contributed by atoms with Crippen molar-refractivity contribution < 1.29 is 19.2 Å². The third-order valence-corrected chi connectivity index (χ3v) is 3.59. The van der Waals surface area contributed by atoms with Gasteiger partial charge in [-0.3, -0.25) is 15.5 Å². The lowest BCUT2D eigenvalue weighted by molar-refractivity contribution is -0.384. The second-order valence-corrected chi connectivity index (χ2v) is 4.97. The summed E-state index contributed by atoms with van der Waals surface area (Å²) >= 11 is 0. The average molecular weight is 333 g/mol. The number of allylic oxidation sites excluding steroid dienone is 1. The van der Waals surface area contributed by atoms with E-state index in [1.165, 1.54) is 38.3 Å². The van der Waals surface area contributed by atoms with Crippen LogP contribution < -0.4 is 11.2 Å². The number of nitro groups is 1. The Morgan fingerprint density at radius 2 is 1.96 bits per heavy atom. The van der Waals surface area contributed by atoms with Crippen molar-refractivity contribution in [2.75, 3.05) is 7.11 Å². The number of hydrogen-bond donors (Lipinski definition) is 3. The third-order valence-electron chi connectivity index (χ3n) is 3.59. The number of non-ortho nitro benzene ring substituents is 1. The van der Waals surface area contributed by atoms with E-state index in [1.807, 2.05) is 0 Å². The number of esters is 1. The lowest BCUT2D eigenvalue weighted by Crippen LogP contribution is -2.45. The van der Waals surface area contributed by atoms with E-state index >= 15 is 0 Å². The first-order valence-electron chi connectivity index (χ1n) is 6.76. The first-order valence-corrected chi connectivity index (χ1v) is 6.76. The molecule has 1 atom stereocenters. The molecule has 0 aliphatic carbocycles. The van der Waals surface area contributed by atoms with E-state index in [2.05, 4.69) is 5.43 Å². The summed E-state index contributed by atoms with van der Waals surface area (Å²) in [4.78, 5) is 33.4. The number of nitrogens with one attached hydrogen (secondary N) is 2. The first-order chi connectivity index (χ1) is 11.3. The number of carbonyl (C=O) groups excluding carboxylic acids is 2. The van der Waals surface area contributed by atoms with Crippen molar-refractivity contribution in [3.05, 3.63) is 51.2 Å². The molecule has 126 valence electrons. The second kappa shape index (κ2) is 6.36. The summed E-state index contributed by atoms with van der Waals surface area (Å²) < 4.78 is 4.75. The normalized spacial score (nSPS) is 17.0. The van der Waals surface area contributed by atoms with Crippen LogP contribution in [-0.2, 0) is 9.53 Å². The number of amides is 2. The molecule has 1 heterocycles. The van der Waals surface area contributed by atoms with Crippen LogP contribution in [0.1, 0.15) is 18.4 Å². The van der Waals surface area contributed by atoms with E-state index in [0.29, 0.717) is 5.56 Å². The number of ether oxygens (including phenoxy) is 1. The number of nitrogens with zero attached hydrogens (tertiary/aromatic N) is 2. The molecule has 10 heteroatoms. The van der Waals surface area contributed by atoms with Crippen LogP contribution in [0.15, 0.2) is 35.5 Å². The molecule has 0 aromatic heterocycles. The van der Waals surface area contributed by atoms with Gasteiger partial charge in [0.05, 0.1) is 29.2 Å². The summed E-state index contributed by atoms with van der Waals surface area (Å²) in [5.74, 6) is -1.64. The van der Waals surface area contributed by atoms with Gasteiger partial charge < -0.3 is 10.5 Å². The van der Waals surface area contributed by atoms with E-state index in [-0.39, 0.29) is 22.8 Å². The van der Waals surface area contributed by atoms with Crippen LogP contribution >= 0.6 is 0 Å². The molecule has 2 amide bonds. The lowest BCUT2D eigenvalue weighted by atomic mass is 9.91. The number of primary amides is 1. The molecular weight excluding hydrogens is 318 g/mol. The highest BCUT2D eigenvalue weighted by Gasteiger charge is 2.40. The molecule has 2 rings (SSSR count). The number of nitro benzene ring substituents is 1.